The van der Waals surface area contributed by atoms with Gasteiger partial charge in [-0.05, 0) is 26.0 Å². The molecule has 0 aromatic heterocycles. The van der Waals surface area contributed by atoms with Gasteiger partial charge in [-0.3, -0.25) is 14.5 Å². The minimum atomic E-state index is -1.80. The Labute approximate surface area is 159 Å². The van der Waals surface area contributed by atoms with Crippen LogP contribution in [0.3, 0.4) is 0 Å². The van der Waals surface area contributed by atoms with Crippen LogP contribution in [0, 0.1) is 0 Å². The first-order valence-corrected chi connectivity index (χ1v) is 9.87. The quantitative estimate of drug-likeness (QED) is 0.554. The fourth-order valence-electron chi connectivity index (χ4n) is 3.33. The lowest BCUT2D eigenvalue weighted by molar-refractivity contribution is -0.187. The topological polar surface area (TPSA) is 95.9 Å². The minimum absolute atomic E-state index is 0.0557. The number of benzene rings is 1. The summed E-state index contributed by atoms with van der Waals surface area (Å²) in [5.41, 5.74) is -1.80. The second-order valence-electron chi connectivity index (χ2n) is 6.55. The number of amides is 2. The van der Waals surface area contributed by atoms with E-state index >= 15 is 0 Å². The average Bonchev–Trinajstić information content (AvgIpc) is 2.79. The first-order valence-electron chi connectivity index (χ1n) is 8.00. The van der Waals surface area contributed by atoms with Gasteiger partial charge in [0.2, 0.25) is 11.6 Å². The predicted molar refractivity (Wildman–Crippen MR) is 98.8 cm³/mol. The molecule has 2 aliphatic heterocycles. The maximum atomic E-state index is 12.5. The van der Waals surface area contributed by atoms with Crippen molar-refractivity contribution in [3.8, 4) is 0 Å². The molecule has 1 aromatic rings. The SMILES string of the molecule is CO[C@@H]1C(=O)N2[C@@H]1SC(C)(C)[C@]2(NC(=O)CSc1ccccc1)C(=O)O. The lowest BCUT2D eigenvalue weighted by atomic mass is 9.89. The number of rotatable bonds is 6. The van der Waals surface area contributed by atoms with Crippen molar-refractivity contribution in [1.82, 2.24) is 10.2 Å². The molecule has 3 atom stereocenters. The van der Waals surface area contributed by atoms with Crippen molar-refractivity contribution in [2.75, 3.05) is 12.9 Å². The molecular formula is C17H20N2O5S2. The number of nitrogens with one attached hydrogen (secondary N) is 1. The van der Waals surface area contributed by atoms with Gasteiger partial charge in [0, 0.05) is 12.0 Å². The molecule has 140 valence electrons. The molecule has 2 fully saturated rings. The van der Waals surface area contributed by atoms with E-state index in [9.17, 15) is 19.5 Å². The fourth-order valence-corrected chi connectivity index (χ4v) is 5.78. The fraction of sp³-hybridized carbons (Fsp3) is 0.471. The molecular weight excluding hydrogens is 376 g/mol. The summed E-state index contributed by atoms with van der Waals surface area (Å²) in [6.07, 6.45) is -0.684. The Balaban J connectivity index is 1.80. The lowest BCUT2D eigenvalue weighted by Crippen LogP contribution is -2.78. The summed E-state index contributed by atoms with van der Waals surface area (Å²) in [5.74, 6) is -2.06. The summed E-state index contributed by atoms with van der Waals surface area (Å²) in [6, 6.07) is 9.36. The number of hydrogen-bond acceptors (Lipinski definition) is 6. The van der Waals surface area contributed by atoms with E-state index in [-0.39, 0.29) is 5.75 Å². The first-order chi connectivity index (χ1) is 12.2. The van der Waals surface area contributed by atoms with Crippen molar-refractivity contribution in [3.05, 3.63) is 30.3 Å². The van der Waals surface area contributed by atoms with Crippen LogP contribution >= 0.6 is 23.5 Å². The molecule has 0 aliphatic carbocycles. The van der Waals surface area contributed by atoms with Crippen LogP contribution < -0.4 is 5.32 Å². The molecule has 2 amide bonds. The number of nitrogens with zero attached hydrogens (tertiary/aromatic N) is 1. The molecule has 0 radical (unpaired) electrons. The van der Waals surface area contributed by atoms with Crippen LogP contribution in [0.2, 0.25) is 0 Å². The molecule has 2 N–H and O–H groups in total. The van der Waals surface area contributed by atoms with Crippen LogP contribution in [-0.4, -0.2) is 62.5 Å². The Morgan fingerprint density at radius 3 is 2.58 bits per heavy atom. The average molecular weight is 396 g/mol. The van der Waals surface area contributed by atoms with Gasteiger partial charge >= 0.3 is 5.97 Å². The summed E-state index contributed by atoms with van der Waals surface area (Å²) in [6.45, 7) is 3.43. The molecule has 0 unspecified atom stereocenters. The highest BCUT2D eigenvalue weighted by atomic mass is 32.2. The van der Waals surface area contributed by atoms with Gasteiger partial charge in [-0.15, -0.1) is 23.5 Å². The third-order valence-electron chi connectivity index (χ3n) is 4.64. The monoisotopic (exact) mass is 396 g/mol. The summed E-state index contributed by atoms with van der Waals surface area (Å²) in [4.78, 5) is 39.3. The van der Waals surface area contributed by atoms with Gasteiger partial charge in [0.15, 0.2) is 6.10 Å². The number of carboxylic acid groups (broad SMARTS) is 1. The maximum absolute atomic E-state index is 12.5. The second kappa shape index (κ2) is 6.79. The van der Waals surface area contributed by atoms with E-state index in [1.165, 1.54) is 35.5 Å². The Morgan fingerprint density at radius 1 is 1.35 bits per heavy atom. The summed E-state index contributed by atoms with van der Waals surface area (Å²) in [7, 11) is 1.42. The predicted octanol–water partition coefficient (Wildman–Crippen LogP) is 1.38. The highest BCUT2D eigenvalue weighted by molar-refractivity contribution is 8.01. The number of hydrogen-bond donors (Lipinski definition) is 2. The van der Waals surface area contributed by atoms with E-state index in [1.807, 2.05) is 30.3 Å². The number of thioether (sulfide) groups is 2. The number of carbonyl (C=O) groups excluding carboxylic acids is 2. The van der Waals surface area contributed by atoms with Crippen molar-refractivity contribution in [3.63, 3.8) is 0 Å². The Kier molecular flexibility index (Phi) is 4.98. The van der Waals surface area contributed by atoms with Gasteiger partial charge in [-0.2, -0.15) is 0 Å². The number of fused-ring (bicyclic) bond motifs is 1. The molecule has 7 nitrogen and oxygen atoms in total. The molecule has 26 heavy (non-hydrogen) atoms. The van der Waals surface area contributed by atoms with Crippen molar-refractivity contribution in [2.24, 2.45) is 0 Å². The highest BCUT2D eigenvalue weighted by Crippen LogP contribution is 2.56. The minimum Gasteiger partial charge on any atom is -0.478 e. The Bertz CT molecular complexity index is 742. The van der Waals surface area contributed by atoms with Crippen LogP contribution in [-0.2, 0) is 19.1 Å². The van der Waals surface area contributed by atoms with Crippen molar-refractivity contribution in [1.29, 1.82) is 0 Å². The zero-order chi connectivity index (χ0) is 19.1. The van der Waals surface area contributed by atoms with Crippen LogP contribution in [0.15, 0.2) is 35.2 Å². The van der Waals surface area contributed by atoms with Crippen LogP contribution in [0.4, 0.5) is 0 Å². The van der Waals surface area contributed by atoms with Crippen molar-refractivity contribution in [2.45, 2.75) is 40.6 Å². The Hall–Kier alpha value is -1.71. The third kappa shape index (κ3) is 2.78. The van der Waals surface area contributed by atoms with Gasteiger partial charge in [-0.25, -0.2) is 4.79 Å². The molecule has 0 saturated carbocycles. The molecule has 2 saturated heterocycles. The molecule has 2 heterocycles. The summed E-state index contributed by atoms with van der Waals surface area (Å²) < 4.78 is 4.25. The van der Waals surface area contributed by atoms with E-state index in [4.69, 9.17) is 4.74 Å². The summed E-state index contributed by atoms with van der Waals surface area (Å²) in [5, 5.41) is 12.2. The highest BCUT2D eigenvalue weighted by Gasteiger charge is 2.74. The number of aliphatic carboxylic acids is 1. The van der Waals surface area contributed by atoms with Gasteiger partial charge in [0.1, 0.15) is 5.37 Å². The zero-order valence-electron chi connectivity index (χ0n) is 14.6. The molecule has 2 aliphatic rings. The molecule has 3 rings (SSSR count). The Morgan fingerprint density at radius 2 is 2.00 bits per heavy atom. The number of methoxy groups -OCH3 is 1. The molecule has 0 bridgehead atoms. The van der Waals surface area contributed by atoms with E-state index in [0.29, 0.717) is 0 Å². The number of carboxylic acids is 1. The standard InChI is InChI=1S/C17H20N2O5S2/c1-16(2)17(15(22)23,19-13(21)12(24-3)14(19)26-16)18-11(20)9-25-10-7-5-4-6-8-10/h4-8,12,14H,9H2,1-3H3,(H,18,20)(H,22,23)/t12-,14-,17+/m1/s1. The number of ether oxygens (including phenoxy) is 1. The normalized spacial score (nSPS) is 29.0. The number of carbonyl (C=O) groups is 3. The lowest BCUT2D eigenvalue weighted by Gasteiger charge is -2.49. The second-order valence-corrected chi connectivity index (χ2v) is 9.34. The van der Waals surface area contributed by atoms with E-state index in [1.54, 1.807) is 13.8 Å². The third-order valence-corrected chi connectivity index (χ3v) is 7.24. The molecule has 1 aromatic carbocycles. The van der Waals surface area contributed by atoms with Crippen LogP contribution in [0.5, 0.6) is 0 Å². The maximum Gasteiger partial charge on any atom is 0.352 e. The van der Waals surface area contributed by atoms with Crippen LogP contribution in [0.1, 0.15) is 13.8 Å². The largest absolute Gasteiger partial charge is 0.478 e. The smallest absolute Gasteiger partial charge is 0.352 e. The first kappa shape index (κ1) is 19.1. The molecule has 0 spiro atoms. The van der Waals surface area contributed by atoms with E-state index < -0.39 is 39.7 Å². The zero-order valence-corrected chi connectivity index (χ0v) is 16.2. The summed E-state index contributed by atoms with van der Waals surface area (Å²) >= 11 is 2.63. The number of β-lactam (4-membered cyclic amide) rings is 1. The van der Waals surface area contributed by atoms with Crippen LogP contribution in [0.25, 0.3) is 0 Å². The van der Waals surface area contributed by atoms with Gasteiger partial charge in [-0.1, -0.05) is 18.2 Å². The van der Waals surface area contributed by atoms with Crippen molar-refractivity contribution < 1.29 is 24.2 Å². The van der Waals surface area contributed by atoms with E-state index in [0.717, 1.165) is 4.90 Å². The van der Waals surface area contributed by atoms with Crippen molar-refractivity contribution >= 4 is 41.3 Å². The van der Waals surface area contributed by atoms with E-state index in [2.05, 4.69) is 5.32 Å². The van der Waals surface area contributed by atoms with Gasteiger partial charge in [0.25, 0.3) is 5.91 Å². The molecule has 9 heteroatoms. The van der Waals surface area contributed by atoms with Gasteiger partial charge < -0.3 is 15.2 Å². The van der Waals surface area contributed by atoms with Gasteiger partial charge in [0.05, 0.1) is 10.5 Å².